The van der Waals surface area contributed by atoms with Gasteiger partial charge < -0.3 is 5.73 Å². The molecular formula is C13H20ClN. The van der Waals surface area contributed by atoms with Crippen molar-refractivity contribution in [3.8, 4) is 0 Å². The standard InChI is InChI=1S/C13H19N.ClH/c1-3-9-5-6-10-7-11(14)8-13(10)12(9)4-2;/h5-6,11H,3-4,7-8,14H2,1-2H3;1H. The van der Waals surface area contributed by atoms with Crippen LogP contribution in [0.4, 0.5) is 0 Å². The predicted octanol–water partition coefficient (Wildman–Crippen LogP) is 2.66. The van der Waals surface area contributed by atoms with Gasteiger partial charge in [0.05, 0.1) is 0 Å². The van der Waals surface area contributed by atoms with Crippen LogP contribution in [0.15, 0.2) is 12.1 Å². The Kier molecular flexibility index (Phi) is 4.18. The molecule has 0 aliphatic heterocycles. The zero-order valence-corrected chi connectivity index (χ0v) is 10.4. The number of halogens is 1. The Bertz CT molecular complexity index is 347. The quantitative estimate of drug-likeness (QED) is 0.823. The number of hydrogen-bond donors (Lipinski definition) is 1. The molecule has 1 aromatic carbocycles. The second-order valence-corrected chi connectivity index (χ2v) is 4.22. The molecule has 0 radical (unpaired) electrons. The van der Waals surface area contributed by atoms with Crippen molar-refractivity contribution in [1.82, 2.24) is 0 Å². The zero-order chi connectivity index (χ0) is 10.1. The minimum absolute atomic E-state index is 0. The molecule has 1 aliphatic carbocycles. The summed E-state index contributed by atoms with van der Waals surface area (Å²) in [4.78, 5) is 0. The molecule has 0 spiro atoms. The number of fused-ring (bicyclic) bond motifs is 1. The molecule has 1 nitrogen and oxygen atoms in total. The average Bonchev–Trinajstić information content (AvgIpc) is 2.56. The summed E-state index contributed by atoms with van der Waals surface area (Å²) in [7, 11) is 0. The van der Waals surface area contributed by atoms with Crippen molar-refractivity contribution in [3.05, 3.63) is 34.4 Å². The predicted molar refractivity (Wildman–Crippen MR) is 67.8 cm³/mol. The lowest BCUT2D eigenvalue weighted by Gasteiger charge is -2.11. The SMILES string of the molecule is CCc1ccc2c(c1CC)CC(N)C2.Cl. The number of rotatable bonds is 2. The van der Waals surface area contributed by atoms with Gasteiger partial charge in [0.15, 0.2) is 0 Å². The van der Waals surface area contributed by atoms with Crippen LogP contribution in [-0.2, 0) is 25.7 Å². The highest BCUT2D eigenvalue weighted by molar-refractivity contribution is 5.85. The lowest BCUT2D eigenvalue weighted by atomic mass is 9.94. The Morgan fingerprint density at radius 3 is 2.53 bits per heavy atom. The summed E-state index contributed by atoms with van der Waals surface area (Å²) < 4.78 is 0. The van der Waals surface area contributed by atoms with Gasteiger partial charge in [-0.05, 0) is 47.9 Å². The molecule has 15 heavy (non-hydrogen) atoms. The third-order valence-electron chi connectivity index (χ3n) is 3.31. The third kappa shape index (κ3) is 2.19. The Morgan fingerprint density at radius 1 is 1.20 bits per heavy atom. The molecule has 0 fully saturated rings. The monoisotopic (exact) mass is 225 g/mol. The first-order valence-corrected chi connectivity index (χ1v) is 5.64. The largest absolute Gasteiger partial charge is 0.327 e. The highest BCUT2D eigenvalue weighted by Gasteiger charge is 2.21. The minimum atomic E-state index is 0. The maximum atomic E-state index is 6.00. The van der Waals surface area contributed by atoms with Gasteiger partial charge in [0.25, 0.3) is 0 Å². The maximum Gasteiger partial charge on any atom is 0.0120 e. The summed E-state index contributed by atoms with van der Waals surface area (Å²) in [6, 6.07) is 4.93. The van der Waals surface area contributed by atoms with Gasteiger partial charge in [-0.1, -0.05) is 26.0 Å². The fourth-order valence-electron chi connectivity index (χ4n) is 2.62. The van der Waals surface area contributed by atoms with Gasteiger partial charge in [0.1, 0.15) is 0 Å². The van der Waals surface area contributed by atoms with Gasteiger partial charge in [-0.15, -0.1) is 12.4 Å². The summed E-state index contributed by atoms with van der Waals surface area (Å²) in [5, 5.41) is 0. The average molecular weight is 226 g/mol. The van der Waals surface area contributed by atoms with Crippen molar-refractivity contribution >= 4 is 12.4 Å². The van der Waals surface area contributed by atoms with E-state index in [0.717, 1.165) is 25.7 Å². The van der Waals surface area contributed by atoms with Crippen LogP contribution in [0.1, 0.15) is 36.1 Å². The lowest BCUT2D eigenvalue weighted by molar-refractivity contribution is 0.719. The van der Waals surface area contributed by atoms with Crippen molar-refractivity contribution in [1.29, 1.82) is 0 Å². The van der Waals surface area contributed by atoms with Crippen LogP contribution in [0.25, 0.3) is 0 Å². The van der Waals surface area contributed by atoms with Gasteiger partial charge >= 0.3 is 0 Å². The highest BCUT2D eigenvalue weighted by Crippen LogP contribution is 2.28. The molecule has 0 saturated heterocycles. The Balaban J connectivity index is 0.00000112. The van der Waals surface area contributed by atoms with E-state index in [4.69, 9.17) is 5.73 Å². The van der Waals surface area contributed by atoms with Gasteiger partial charge in [-0.3, -0.25) is 0 Å². The van der Waals surface area contributed by atoms with Crippen molar-refractivity contribution in [2.45, 2.75) is 45.6 Å². The van der Waals surface area contributed by atoms with E-state index in [0.29, 0.717) is 6.04 Å². The first kappa shape index (κ1) is 12.5. The van der Waals surface area contributed by atoms with Crippen LogP contribution in [0.2, 0.25) is 0 Å². The minimum Gasteiger partial charge on any atom is -0.327 e. The van der Waals surface area contributed by atoms with Crippen LogP contribution in [-0.4, -0.2) is 6.04 Å². The Morgan fingerprint density at radius 2 is 1.93 bits per heavy atom. The van der Waals surface area contributed by atoms with Gasteiger partial charge in [-0.25, -0.2) is 0 Å². The van der Waals surface area contributed by atoms with E-state index in [2.05, 4.69) is 26.0 Å². The maximum absolute atomic E-state index is 6.00. The molecule has 2 heteroatoms. The summed E-state index contributed by atoms with van der Waals surface area (Å²) >= 11 is 0. The highest BCUT2D eigenvalue weighted by atomic mass is 35.5. The second-order valence-electron chi connectivity index (χ2n) is 4.22. The first-order valence-electron chi connectivity index (χ1n) is 5.64. The fourth-order valence-corrected chi connectivity index (χ4v) is 2.62. The normalized spacial score (nSPS) is 18.5. The van der Waals surface area contributed by atoms with Gasteiger partial charge in [0.2, 0.25) is 0 Å². The Hall–Kier alpha value is -0.530. The van der Waals surface area contributed by atoms with E-state index in [1.54, 1.807) is 11.1 Å². The summed E-state index contributed by atoms with van der Waals surface area (Å²) in [5.74, 6) is 0. The second kappa shape index (κ2) is 5.00. The van der Waals surface area contributed by atoms with Crippen LogP contribution < -0.4 is 5.73 Å². The summed E-state index contributed by atoms with van der Waals surface area (Å²) in [6.45, 7) is 4.48. The van der Waals surface area contributed by atoms with Crippen LogP contribution in [0, 0.1) is 0 Å². The first-order chi connectivity index (χ1) is 6.76. The molecule has 2 rings (SSSR count). The summed E-state index contributed by atoms with van der Waals surface area (Å²) in [5.41, 5.74) is 12.1. The van der Waals surface area contributed by atoms with E-state index in [1.807, 2.05) is 0 Å². The van der Waals surface area contributed by atoms with Crippen molar-refractivity contribution in [2.24, 2.45) is 5.73 Å². The van der Waals surface area contributed by atoms with E-state index >= 15 is 0 Å². The van der Waals surface area contributed by atoms with Crippen LogP contribution >= 0.6 is 12.4 Å². The number of nitrogens with two attached hydrogens (primary N) is 1. The van der Waals surface area contributed by atoms with Crippen molar-refractivity contribution < 1.29 is 0 Å². The molecule has 0 aromatic heterocycles. The van der Waals surface area contributed by atoms with Gasteiger partial charge in [0, 0.05) is 6.04 Å². The van der Waals surface area contributed by atoms with Crippen molar-refractivity contribution in [2.75, 3.05) is 0 Å². The van der Waals surface area contributed by atoms with E-state index in [9.17, 15) is 0 Å². The lowest BCUT2D eigenvalue weighted by Crippen LogP contribution is -2.19. The van der Waals surface area contributed by atoms with Gasteiger partial charge in [-0.2, -0.15) is 0 Å². The third-order valence-corrected chi connectivity index (χ3v) is 3.31. The van der Waals surface area contributed by atoms with Crippen LogP contribution in [0.3, 0.4) is 0 Å². The Labute approximate surface area is 98.5 Å². The molecule has 1 aromatic rings. The number of aryl methyl sites for hydroxylation is 1. The van der Waals surface area contributed by atoms with Crippen LogP contribution in [0.5, 0.6) is 0 Å². The molecule has 1 unspecified atom stereocenters. The van der Waals surface area contributed by atoms with E-state index in [-0.39, 0.29) is 12.4 Å². The molecule has 0 bridgehead atoms. The molecule has 0 saturated carbocycles. The van der Waals surface area contributed by atoms with Crippen molar-refractivity contribution in [3.63, 3.8) is 0 Å². The van der Waals surface area contributed by atoms with E-state index in [1.165, 1.54) is 11.1 Å². The fraction of sp³-hybridized carbons (Fsp3) is 0.538. The zero-order valence-electron chi connectivity index (χ0n) is 9.55. The summed E-state index contributed by atoms with van der Waals surface area (Å²) in [6.07, 6.45) is 4.46. The number of hydrogen-bond acceptors (Lipinski definition) is 1. The molecule has 84 valence electrons. The topological polar surface area (TPSA) is 26.0 Å². The molecule has 0 heterocycles. The number of benzene rings is 1. The molecule has 1 aliphatic rings. The smallest absolute Gasteiger partial charge is 0.0120 e. The molecule has 0 amide bonds. The molecule has 1 atom stereocenters. The molecular weight excluding hydrogens is 206 g/mol. The van der Waals surface area contributed by atoms with E-state index < -0.39 is 0 Å². The molecule has 2 N–H and O–H groups in total.